The van der Waals surface area contributed by atoms with Gasteiger partial charge in [-0.3, -0.25) is 4.79 Å². The van der Waals surface area contributed by atoms with Crippen molar-refractivity contribution in [2.24, 2.45) is 17.8 Å². The lowest BCUT2D eigenvalue weighted by Gasteiger charge is -2.14. The number of hydrogen-bond acceptors (Lipinski definition) is 1. The molecule has 0 bridgehead atoms. The minimum Gasteiger partial charge on any atom is -0.323 e. The summed E-state index contributed by atoms with van der Waals surface area (Å²) in [7, 11) is 0. The fourth-order valence-electron chi connectivity index (χ4n) is 2.82. The molecule has 2 fully saturated rings. The Morgan fingerprint density at radius 1 is 1.06 bits per heavy atom. The van der Waals surface area contributed by atoms with Crippen LogP contribution in [0.25, 0.3) is 0 Å². The number of fused-ring (bicyclic) bond motifs is 1. The molecule has 96 valence electrons. The molecule has 0 radical (unpaired) electrons. The average molecular weight is 305 g/mol. The number of rotatable bonds is 2. The summed E-state index contributed by atoms with van der Waals surface area (Å²) in [6.07, 6.45) is 3.30. The summed E-state index contributed by atoms with van der Waals surface area (Å²) < 4.78 is 0. The van der Waals surface area contributed by atoms with Gasteiger partial charge < -0.3 is 5.32 Å². The zero-order valence-corrected chi connectivity index (χ0v) is 11.8. The fraction of sp³-hybridized carbons (Fsp3) is 0.462. The topological polar surface area (TPSA) is 29.1 Å². The zero-order valence-electron chi connectivity index (χ0n) is 9.55. The first-order chi connectivity index (χ1) is 8.54. The van der Waals surface area contributed by atoms with Gasteiger partial charge in [0, 0.05) is 10.9 Å². The van der Waals surface area contributed by atoms with E-state index >= 15 is 0 Å². The van der Waals surface area contributed by atoms with E-state index in [2.05, 4.69) is 5.32 Å². The third-order valence-corrected chi connectivity index (χ3v) is 4.68. The summed E-state index contributed by atoms with van der Waals surface area (Å²) in [5.41, 5.74) is 0.466. The quantitative estimate of drug-likeness (QED) is 0.848. The predicted molar refractivity (Wildman–Crippen MR) is 74.4 cm³/mol. The molecular weight excluding hydrogens is 293 g/mol. The number of halogens is 3. The van der Waals surface area contributed by atoms with Gasteiger partial charge in [0.15, 0.2) is 0 Å². The summed E-state index contributed by atoms with van der Waals surface area (Å²) in [6, 6.07) is 3.16. The molecule has 1 aromatic rings. The van der Waals surface area contributed by atoms with Crippen LogP contribution >= 0.6 is 34.8 Å². The minimum atomic E-state index is 0.0216. The molecule has 2 saturated carbocycles. The summed E-state index contributed by atoms with van der Waals surface area (Å²) in [4.78, 5) is 12.1. The first-order valence-corrected chi connectivity index (χ1v) is 7.13. The normalized spacial score (nSPS) is 28.9. The van der Waals surface area contributed by atoms with E-state index in [9.17, 15) is 4.79 Å². The van der Waals surface area contributed by atoms with Crippen LogP contribution < -0.4 is 5.32 Å². The third kappa shape index (κ3) is 2.34. The van der Waals surface area contributed by atoms with Gasteiger partial charge in [-0.25, -0.2) is 0 Å². The van der Waals surface area contributed by atoms with E-state index in [0.717, 1.165) is 24.7 Å². The highest BCUT2D eigenvalue weighted by Gasteiger charge is 2.48. The number of carbonyl (C=O) groups is 1. The second-order valence-corrected chi connectivity index (χ2v) is 6.41. The van der Waals surface area contributed by atoms with Gasteiger partial charge in [-0.05, 0) is 43.2 Å². The first kappa shape index (κ1) is 12.6. The lowest BCUT2D eigenvalue weighted by atomic mass is 10.0. The van der Waals surface area contributed by atoms with Crippen LogP contribution in [0.4, 0.5) is 5.69 Å². The molecule has 3 rings (SSSR count). The van der Waals surface area contributed by atoms with Crippen molar-refractivity contribution in [2.45, 2.75) is 19.3 Å². The smallest absolute Gasteiger partial charge is 0.227 e. The molecule has 1 N–H and O–H groups in total. The van der Waals surface area contributed by atoms with Crippen LogP contribution in [0.1, 0.15) is 19.3 Å². The molecule has 0 spiro atoms. The maximum atomic E-state index is 12.1. The van der Waals surface area contributed by atoms with E-state index in [1.54, 1.807) is 12.1 Å². The average Bonchev–Trinajstić information content (AvgIpc) is 2.90. The van der Waals surface area contributed by atoms with Crippen LogP contribution in [0, 0.1) is 17.8 Å². The second-order valence-electron chi connectivity index (χ2n) is 5.16. The molecular formula is C13H12Cl3NO. The molecule has 18 heavy (non-hydrogen) atoms. The highest BCUT2D eigenvalue weighted by Crippen LogP contribution is 2.54. The molecule has 1 aromatic carbocycles. The van der Waals surface area contributed by atoms with Crippen LogP contribution in [0.2, 0.25) is 15.1 Å². The highest BCUT2D eigenvalue weighted by molar-refractivity contribution is 6.42. The van der Waals surface area contributed by atoms with Crippen molar-refractivity contribution >= 4 is 46.4 Å². The molecule has 0 heterocycles. The van der Waals surface area contributed by atoms with Crippen molar-refractivity contribution in [3.63, 3.8) is 0 Å². The largest absolute Gasteiger partial charge is 0.323 e. The first-order valence-electron chi connectivity index (χ1n) is 6.00. The zero-order chi connectivity index (χ0) is 12.9. The van der Waals surface area contributed by atoms with Gasteiger partial charge in [0.2, 0.25) is 5.91 Å². The van der Waals surface area contributed by atoms with Crippen LogP contribution in [0.15, 0.2) is 12.1 Å². The molecule has 2 aliphatic carbocycles. The maximum absolute atomic E-state index is 12.1. The SMILES string of the molecule is O=C(Nc1c(Cl)cc(Cl)cc1Cl)C1CC2CC2C1. The van der Waals surface area contributed by atoms with E-state index in [1.165, 1.54) is 6.42 Å². The molecule has 5 heteroatoms. The van der Waals surface area contributed by atoms with Gasteiger partial charge in [0.05, 0.1) is 15.7 Å². The molecule has 2 unspecified atom stereocenters. The second kappa shape index (κ2) is 4.59. The Morgan fingerprint density at radius 2 is 1.61 bits per heavy atom. The lowest BCUT2D eigenvalue weighted by Crippen LogP contribution is -2.22. The molecule has 0 aliphatic heterocycles. The van der Waals surface area contributed by atoms with Crippen LogP contribution in [0.5, 0.6) is 0 Å². The monoisotopic (exact) mass is 303 g/mol. The number of hydrogen-bond donors (Lipinski definition) is 1. The van der Waals surface area contributed by atoms with Crippen molar-refractivity contribution in [3.05, 3.63) is 27.2 Å². The van der Waals surface area contributed by atoms with Gasteiger partial charge in [-0.15, -0.1) is 0 Å². The molecule has 1 amide bonds. The number of anilines is 1. The van der Waals surface area contributed by atoms with E-state index in [-0.39, 0.29) is 11.8 Å². The van der Waals surface area contributed by atoms with Crippen LogP contribution in [0.3, 0.4) is 0 Å². The van der Waals surface area contributed by atoms with E-state index in [1.807, 2.05) is 0 Å². The summed E-state index contributed by atoms with van der Waals surface area (Å²) in [5, 5.41) is 4.05. The van der Waals surface area contributed by atoms with Gasteiger partial charge in [-0.2, -0.15) is 0 Å². The summed E-state index contributed by atoms with van der Waals surface area (Å²) in [5.74, 6) is 1.68. The van der Waals surface area contributed by atoms with Crippen LogP contribution in [-0.2, 0) is 4.79 Å². The van der Waals surface area contributed by atoms with Crippen molar-refractivity contribution < 1.29 is 4.79 Å². The number of carbonyl (C=O) groups excluding carboxylic acids is 1. The van der Waals surface area contributed by atoms with Crippen molar-refractivity contribution in [2.75, 3.05) is 5.32 Å². The Balaban J connectivity index is 1.74. The van der Waals surface area contributed by atoms with Crippen molar-refractivity contribution in [1.82, 2.24) is 0 Å². The Bertz CT molecular complexity index is 484. The minimum absolute atomic E-state index is 0.0216. The van der Waals surface area contributed by atoms with E-state index in [0.29, 0.717) is 20.8 Å². The molecule has 0 saturated heterocycles. The number of benzene rings is 1. The lowest BCUT2D eigenvalue weighted by molar-refractivity contribution is -0.120. The Hall–Kier alpha value is -0.440. The number of amides is 1. The molecule has 0 aromatic heterocycles. The fourth-order valence-corrected chi connectivity index (χ4v) is 3.73. The van der Waals surface area contributed by atoms with Crippen LogP contribution in [-0.4, -0.2) is 5.91 Å². The van der Waals surface area contributed by atoms with Crippen molar-refractivity contribution in [1.29, 1.82) is 0 Å². The van der Waals surface area contributed by atoms with Gasteiger partial charge >= 0.3 is 0 Å². The van der Waals surface area contributed by atoms with Gasteiger partial charge in [0.25, 0.3) is 0 Å². The number of nitrogens with one attached hydrogen (secondary N) is 1. The third-order valence-electron chi connectivity index (χ3n) is 3.87. The summed E-state index contributed by atoms with van der Waals surface area (Å²) >= 11 is 17.9. The molecule has 2 aliphatic rings. The standard InChI is InChI=1S/C13H12Cl3NO/c14-9-4-10(15)12(11(16)5-9)17-13(18)8-2-6-1-7(6)3-8/h4-8H,1-3H2,(H,17,18). The van der Waals surface area contributed by atoms with Gasteiger partial charge in [0.1, 0.15) is 0 Å². The summed E-state index contributed by atoms with van der Waals surface area (Å²) in [6.45, 7) is 0. The van der Waals surface area contributed by atoms with Crippen molar-refractivity contribution in [3.8, 4) is 0 Å². The predicted octanol–water partition coefficient (Wildman–Crippen LogP) is 4.63. The Labute approximate surface area is 121 Å². The van der Waals surface area contributed by atoms with E-state index in [4.69, 9.17) is 34.8 Å². The Morgan fingerprint density at radius 3 is 2.17 bits per heavy atom. The van der Waals surface area contributed by atoms with E-state index < -0.39 is 0 Å². The maximum Gasteiger partial charge on any atom is 0.227 e. The van der Waals surface area contributed by atoms with Gasteiger partial charge in [-0.1, -0.05) is 34.8 Å². The Kier molecular flexibility index (Phi) is 3.21. The molecule has 2 nitrogen and oxygen atoms in total. The highest BCUT2D eigenvalue weighted by atomic mass is 35.5. The molecule has 2 atom stereocenters.